The highest BCUT2D eigenvalue weighted by Crippen LogP contribution is 2.23. The summed E-state index contributed by atoms with van der Waals surface area (Å²) < 4.78 is 48.1. The second-order valence-corrected chi connectivity index (χ2v) is 6.98. The van der Waals surface area contributed by atoms with Gasteiger partial charge in [-0.05, 0) is 44.2 Å². The molecule has 2 N–H and O–H groups in total. The minimum atomic E-state index is -4.09. The fourth-order valence-electron chi connectivity index (χ4n) is 2.96. The molecule has 5 nitrogen and oxygen atoms in total. The van der Waals surface area contributed by atoms with Crippen molar-refractivity contribution >= 4 is 5.96 Å². The number of hydrogen-bond donors (Lipinski definition) is 2. The van der Waals surface area contributed by atoms with Gasteiger partial charge < -0.3 is 20.1 Å². The summed E-state index contributed by atoms with van der Waals surface area (Å²) >= 11 is 0. The molecule has 158 valence electrons. The van der Waals surface area contributed by atoms with Crippen molar-refractivity contribution < 1.29 is 22.6 Å². The van der Waals surface area contributed by atoms with Crippen molar-refractivity contribution in [1.29, 1.82) is 0 Å². The van der Waals surface area contributed by atoms with Crippen LogP contribution in [0.2, 0.25) is 0 Å². The van der Waals surface area contributed by atoms with E-state index in [9.17, 15) is 13.2 Å². The van der Waals surface area contributed by atoms with Crippen molar-refractivity contribution in [3.05, 3.63) is 29.3 Å². The predicted octanol–water partition coefficient (Wildman–Crippen LogP) is 3.95. The highest BCUT2D eigenvalue weighted by atomic mass is 19.4. The summed E-state index contributed by atoms with van der Waals surface area (Å²) in [6, 6.07) is 6.02. The average molecular weight is 401 g/mol. The largest absolute Gasteiger partial charge is 0.491 e. The molecule has 1 aromatic carbocycles. The Morgan fingerprint density at radius 1 is 1.29 bits per heavy atom. The van der Waals surface area contributed by atoms with E-state index in [1.807, 2.05) is 25.1 Å². The minimum Gasteiger partial charge on any atom is -0.491 e. The third-order valence-corrected chi connectivity index (χ3v) is 4.52. The zero-order valence-electron chi connectivity index (χ0n) is 16.6. The van der Waals surface area contributed by atoms with E-state index in [2.05, 4.69) is 15.6 Å². The van der Waals surface area contributed by atoms with E-state index >= 15 is 0 Å². The van der Waals surface area contributed by atoms with Gasteiger partial charge in [0.1, 0.15) is 12.4 Å². The van der Waals surface area contributed by atoms with Crippen LogP contribution in [0.1, 0.15) is 43.2 Å². The summed E-state index contributed by atoms with van der Waals surface area (Å²) in [6.07, 6.45) is -2.08. The van der Waals surface area contributed by atoms with Crippen molar-refractivity contribution in [1.82, 2.24) is 10.6 Å². The molecule has 0 amide bonds. The van der Waals surface area contributed by atoms with Crippen LogP contribution in [0.15, 0.2) is 23.2 Å². The molecule has 1 aromatic rings. The summed E-state index contributed by atoms with van der Waals surface area (Å²) in [4.78, 5) is 4.12. The number of nitrogens with one attached hydrogen (secondary N) is 2. The fourth-order valence-corrected chi connectivity index (χ4v) is 2.96. The van der Waals surface area contributed by atoms with E-state index in [0.29, 0.717) is 32.1 Å². The number of guanidine groups is 1. The zero-order valence-corrected chi connectivity index (χ0v) is 16.6. The van der Waals surface area contributed by atoms with Gasteiger partial charge in [-0.2, -0.15) is 13.2 Å². The fraction of sp³-hybridized carbons (Fsp3) is 0.650. The van der Waals surface area contributed by atoms with Gasteiger partial charge >= 0.3 is 6.18 Å². The van der Waals surface area contributed by atoms with Crippen molar-refractivity contribution in [2.45, 2.75) is 57.9 Å². The van der Waals surface area contributed by atoms with Crippen molar-refractivity contribution in [2.75, 3.05) is 26.8 Å². The number of aryl methyl sites for hydroxylation is 1. The molecular formula is C20H30F3N3O2. The monoisotopic (exact) mass is 401 g/mol. The molecule has 1 fully saturated rings. The number of benzene rings is 1. The number of rotatable bonds is 9. The lowest BCUT2D eigenvalue weighted by atomic mass is 10.1. The first-order valence-electron chi connectivity index (χ1n) is 9.72. The molecule has 0 radical (unpaired) electrons. The Morgan fingerprint density at radius 2 is 2.11 bits per heavy atom. The number of aliphatic imine (C=N–C) groups is 1. The van der Waals surface area contributed by atoms with Gasteiger partial charge in [0.25, 0.3) is 0 Å². The summed E-state index contributed by atoms with van der Waals surface area (Å²) in [5.41, 5.74) is 2.10. The summed E-state index contributed by atoms with van der Waals surface area (Å²) in [6.45, 7) is 4.27. The zero-order chi connectivity index (χ0) is 20.4. The van der Waals surface area contributed by atoms with Crippen LogP contribution >= 0.6 is 0 Å². The van der Waals surface area contributed by atoms with Crippen LogP contribution in [-0.2, 0) is 11.3 Å². The van der Waals surface area contributed by atoms with Gasteiger partial charge in [-0.1, -0.05) is 12.1 Å². The van der Waals surface area contributed by atoms with E-state index < -0.39 is 12.6 Å². The summed E-state index contributed by atoms with van der Waals surface area (Å²) in [5.74, 6) is 1.36. The maximum atomic E-state index is 12.2. The SMILES string of the molecule is CN=C(NCCCCC(F)(F)F)NCc1ccc(C)cc1OCC1CCCO1. The molecule has 2 rings (SSSR count). The van der Waals surface area contributed by atoms with Gasteiger partial charge in [-0.3, -0.25) is 4.99 Å². The Morgan fingerprint density at radius 3 is 2.79 bits per heavy atom. The molecule has 1 heterocycles. The van der Waals surface area contributed by atoms with Crippen LogP contribution in [0.3, 0.4) is 0 Å². The number of nitrogens with zero attached hydrogens (tertiary/aromatic N) is 1. The highest BCUT2D eigenvalue weighted by Gasteiger charge is 2.25. The highest BCUT2D eigenvalue weighted by molar-refractivity contribution is 5.79. The standard InChI is InChI=1S/C20H30F3N3O2/c1-15-7-8-16(18(12-15)28-14-17-6-5-11-27-17)13-26-19(24-2)25-10-4-3-9-20(21,22)23/h7-8,12,17H,3-6,9-11,13-14H2,1-2H3,(H2,24,25,26). The summed E-state index contributed by atoms with van der Waals surface area (Å²) in [5, 5.41) is 6.23. The Balaban J connectivity index is 1.79. The van der Waals surface area contributed by atoms with E-state index in [1.54, 1.807) is 7.05 Å². The van der Waals surface area contributed by atoms with Crippen LogP contribution in [0.25, 0.3) is 0 Å². The molecule has 28 heavy (non-hydrogen) atoms. The lowest BCUT2D eigenvalue weighted by molar-refractivity contribution is -0.135. The number of alkyl halides is 3. The van der Waals surface area contributed by atoms with E-state index in [4.69, 9.17) is 9.47 Å². The molecule has 1 aliphatic heterocycles. The Bertz CT molecular complexity index is 630. The molecular weight excluding hydrogens is 371 g/mol. The second kappa shape index (κ2) is 11.1. The lowest BCUT2D eigenvalue weighted by Gasteiger charge is -2.17. The third kappa shape index (κ3) is 8.37. The topological polar surface area (TPSA) is 54.9 Å². The molecule has 1 atom stereocenters. The van der Waals surface area contributed by atoms with Gasteiger partial charge in [0, 0.05) is 38.7 Å². The lowest BCUT2D eigenvalue weighted by Crippen LogP contribution is -2.37. The molecule has 0 aliphatic carbocycles. The Labute approximate surface area is 164 Å². The molecule has 1 aliphatic rings. The average Bonchev–Trinajstić information content (AvgIpc) is 3.16. The van der Waals surface area contributed by atoms with Crippen LogP contribution in [0, 0.1) is 6.92 Å². The van der Waals surface area contributed by atoms with Gasteiger partial charge in [-0.15, -0.1) is 0 Å². The number of unbranched alkanes of at least 4 members (excludes halogenated alkanes) is 1. The predicted molar refractivity (Wildman–Crippen MR) is 104 cm³/mol. The van der Waals surface area contributed by atoms with Gasteiger partial charge in [-0.25, -0.2) is 0 Å². The molecule has 1 unspecified atom stereocenters. The Kier molecular flexibility index (Phi) is 8.89. The van der Waals surface area contributed by atoms with E-state index in [0.717, 1.165) is 36.3 Å². The quantitative estimate of drug-likeness (QED) is 0.374. The second-order valence-electron chi connectivity index (χ2n) is 6.98. The molecule has 1 saturated heterocycles. The van der Waals surface area contributed by atoms with E-state index in [1.165, 1.54) is 0 Å². The minimum absolute atomic E-state index is 0.104. The van der Waals surface area contributed by atoms with Crippen molar-refractivity contribution in [3.8, 4) is 5.75 Å². The third-order valence-electron chi connectivity index (χ3n) is 4.52. The van der Waals surface area contributed by atoms with Crippen molar-refractivity contribution in [3.63, 3.8) is 0 Å². The first kappa shape index (κ1) is 22.3. The van der Waals surface area contributed by atoms with Crippen molar-refractivity contribution in [2.24, 2.45) is 4.99 Å². The maximum absolute atomic E-state index is 12.2. The van der Waals surface area contributed by atoms with Crippen LogP contribution in [-0.4, -0.2) is 45.0 Å². The van der Waals surface area contributed by atoms with Gasteiger partial charge in [0.05, 0.1) is 6.10 Å². The molecule has 8 heteroatoms. The van der Waals surface area contributed by atoms with Crippen LogP contribution in [0.4, 0.5) is 13.2 Å². The Hall–Kier alpha value is -1.96. The normalized spacial score (nSPS) is 17.6. The molecule has 0 saturated carbocycles. The molecule has 0 spiro atoms. The van der Waals surface area contributed by atoms with Gasteiger partial charge in [0.15, 0.2) is 5.96 Å². The van der Waals surface area contributed by atoms with Crippen LogP contribution < -0.4 is 15.4 Å². The smallest absolute Gasteiger partial charge is 0.389 e. The molecule has 0 bridgehead atoms. The first-order chi connectivity index (χ1) is 13.4. The van der Waals surface area contributed by atoms with Gasteiger partial charge in [0.2, 0.25) is 0 Å². The number of ether oxygens (including phenoxy) is 2. The number of halogens is 3. The molecule has 0 aromatic heterocycles. The first-order valence-corrected chi connectivity index (χ1v) is 9.72. The number of hydrogen-bond acceptors (Lipinski definition) is 3. The maximum Gasteiger partial charge on any atom is 0.389 e. The summed E-state index contributed by atoms with van der Waals surface area (Å²) in [7, 11) is 1.63. The van der Waals surface area contributed by atoms with Crippen LogP contribution in [0.5, 0.6) is 5.75 Å². The van der Waals surface area contributed by atoms with E-state index in [-0.39, 0.29) is 12.5 Å².